The van der Waals surface area contributed by atoms with E-state index in [-0.39, 0.29) is 5.91 Å². The van der Waals surface area contributed by atoms with Gasteiger partial charge in [0, 0.05) is 32.9 Å². The standard InChI is InChI=1S/C24H32N2O4/c1-4-17(2)11-21(14-26(3)16-27)20-12-19-5-6-23(28)25-24(19)22(13-20)30-15-18-7-9-29-10-8-18/h11-14,16,18H,4-10,15H2,1-3H3,(H,25,28)/b17-11+,21-14+. The molecule has 162 valence electrons. The number of rotatable bonds is 8. The van der Waals surface area contributed by atoms with Gasteiger partial charge in [0.25, 0.3) is 0 Å². The highest BCUT2D eigenvalue weighted by molar-refractivity contribution is 5.96. The van der Waals surface area contributed by atoms with Crippen molar-refractivity contribution >= 4 is 23.6 Å². The van der Waals surface area contributed by atoms with Crippen LogP contribution in [0.4, 0.5) is 5.69 Å². The third-order valence-corrected chi connectivity index (χ3v) is 5.69. The van der Waals surface area contributed by atoms with Gasteiger partial charge in [-0.1, -0.05) is 18.6 Å². The number of amides is 2. The van der Waals surface area contributed by atoms with E-state index in [0.717, 1.165) is 61.3 Å². The molecule has 2 aliphatic rings. The van der Waals surface area contributed by atoms with Crippen LogP contribution in [0.3, 0.4) is 0 Å². The Balaban J connectivity index is 1.97. The van der Waals surface area contributed by atoms with Crippen LogP contribution in [0.1, 0.15) is 50.7 Å². The third kappa shape index (κ3) is 5.72. The molecule has 6 heteroatoms. The number of hydrogen-bond acceptors (Lipinski definition) is 4. The summed E-state index contributed by atoms with van der Waals surface area (Å²) in [6, 6.07) is 4.08. The first-order chi connectivity index (χ1) is 14.5. The molecule has 0 atom stereocenters. The van der Waals surface area contributed by atoms with Gasteiger partial charge in [-0.25, -0.2) is 0 Å². The smallest absolute Gasteiger partial charge is 0.224 e. The summed E-state index contributed by atoms with van der Waals surface area (Å²) in [4.78, 5) is 24.8. The predicted octanol–water partition coefficient (Wildman–Crippen LogP) is 4.16. The lowest BCUT2D eigenvalue weighted by Crippen LogP contribution is -2.23. The van der Waals surface area contributed by atoms with E-state index >= 15 is 0 Å². The first kappa shape index (κ1) is 22.1. The van der Waals surface area contributed by atoms with E-state index in [4.69, 9.17) is 9.47 Å². The van der Waals surface area contributed by atoms with E-state index in [9.17, 15) is 9.59 Å². The molecule has 6 nitrogen and oxygen atoms in total. The molecule has 2 aliphatic heterocycles. The van der Waals surface area contributed by atoms with E-state index < -0.39 is 0 Å². The molecular weight excluding hydrogens is 380 g/mol. The van der Waals surface area contributed by atoms with Crippen molar-refractivity contribution in [1.82, 2.24) is 4.90 Å². The monoisotopic (exact) mass is 412 g/mol. The van der Waals surface area contributed by atoms with Crippen molar-refractivity contribution < 1.29 is 19.1 Å². The van der Waals surface area contributed by atoms with Gasteiger partial charge in [-0.3, -0.25) is 9.59 Å². The Morgan fingerprint density at radius 2 is 2.07 bits per heavy atom. The third-order valence-electron chi connectivity index (χ3n) is 5.69. The lowest BCUT2D eigenvalue weighted by atomic mass is 9.95. The number of aryl methyl sites for hydroxylation is 1. The van der Waals surface area contributed by atoms with Crippen molar-refractivity contribution in [2.45, 2.75) is 46.0 Å². The maximum atomic E-state index is 12.0. The van der Waals surface area contributed by atoms with Crippen LogP contribution in [0, 0.1) is 5.92 Å². The molecule has 1 saturated heterocycles. The van der Waals surface area contributed by atoms with Gasteiger partial charge in [0.15, 0.2) is 0 Å². The number of carbonyl (C=O) groups is 2. The highest BCUT2D eigenvalue weighted by atomic mass is 16.5. The van der Waals surface area contributed by atoms with Gasteiger partial charge in [-0.2, -0.15) is 0 Å². The number of nitrogens with one attached hydrogen (secondary N) is 1. The Bertz CT molecular complexity index is 838. The minimum atomic E-state index is 0.0179. The van der Waals surface area contributed by atoms with Crippen molar-refractivity contribution in [1.29, 1.82) is 0 Å². The van der Waals surface area contributed by atoms with Crippen molar-refractivity contribution in [3.63, 3.8) is 0 Å². The molecule has 0 aromatic heterocycles. The molecule has 2 heterocycles. The molecule has 30 heavy (non-hydrogen) atoms. The maximum Gasteiger partial charge on any atom is 0.224 e. The Kier molecular flexibility index (Phi) is 7.69. The number of benzene rings is 1. The molecule has 1 aromatic carbocycles. The van der Waals surface area contributed by atoms with E-state index in [1.165, 1.54) is 10.5 Å². The number of nitrogens with zero attached hydrogens (tertiary/aromatic N) is 1. The zero-order chi connectivity index (χ0) is 21.5. The van der Waals surface area contributed by atoms with Crippen LogP contribution in [-0.4, -0.2) is 44.1 Å². The zero-order valence-electron chi connectivity index (χ0n) is 18.2. The number of anilines is 1. The fourth-order valence-electron chi connectivity index (χ4n) is 3.68. The Morgan fingerprint density at radius 1 is 1.30 bits per heavy atom. The molecule has 1 fully saturated rings. The lowest BCUT2D eigenvalue weighted by molar-refractivity contribution is -0.116. The molecule has 3 rings (SSSR count). The number of carbonyl (C=O) groups excluding carboxylic acids is 2. The van der Waals surface area contributed by atoms with Crippen molar-refractivity contribution in [2.24, 2.45) is 5.92 Å². The second-order valence-electron chi connectivity index (χ2n) is 8.12. The quantitative estimate of drug-likeness (QED) is 0.514. The zero-order valence-corrected chi connectivity index (χ0v) is 18.2. The Hall–Kier alpha value is -2.60. The largest absolute Gasteiger partial charge is 0.491 e. The number of fused-ring (bicyclic) bond motifs is 1. The summed E-state index contributed by atoms with van der Waals surface area (Å²) in [5.74, 6) is 1.17. The van der Waals surface area contributed by atoms with Crippen molar-refractivity contribution in [2.75, 3.05) is 32.2 Å². The molecular formula is C24H32N2O4. The molecule has 0 radical (unpaired) electrons. The Labute approximate surface area is 178 Å². The topological polar surface area (TPSA) is 67.9 Å². The average molecular weight is 413 g/mol. The predicted molar refractivity (Wildman–Crippen MR) is 118 cm³/mol. The molecule has 2 amide bonds. The SMILES string of the molecule is CC/C(C)=C/C(=C\N(C)C=O)c1cc2c(c(OCC3CCOCC3)c1)NC(=O)CC2. The lowest BCUT2D eigenvalue weighted by Gasteiger charge is -2.25. The Morgan fingerprint density at radius 3 is 2.77 bits per heavy atom. The molecule has 0 aliphatic carbocycles. The van der Waals surface area contributed by atoms with Crippen LogP contribution in [-0.2, 0) is 20.7 Å². The van der Waals surface area contributed by atoms with E-state index in [1.54, 1.807) is 7.05 Å². The van der Waals surface area contributed by atoms with Crippen LogP contribution >= 0.6 is 0 Å². The van der Waals surface area contributed by atoms with Crippen molar-refractivity contribution in [3.05, 3.63) is 41.1 Å². The highest BCUT2D eigenvalue weighted by Gasteiger charge is 2.22. The van der Waals surface area contributed by atoms with Crippen LogP contribution in [0.25, 0.3) is 5.57 Å². The van der Waals surface area contributed by atoms with Gasteiger partial charge in [0.1, 0.15) is 5.75 Å². The summed E-state index contributed by atoms with van der Waals surface area (Å²) in [5, 5.41) is 3.00. The van der Waals surface area contributed by atoms with Gasteiger partial charge >= 0.3 is 0 Å². The minimum absolute atomic E-state index is 0.0179. The molecule has 0 unspecified atom stereocenters. The van der Waals surface area contributed by atoms with Crippen LogP contribution < -0.4 is 10.1 Å². The normalized spacial score (nSPS) is 17.9. The van der Waals surface area contributed by atoms with E-state index in [2.05, 4.69) is 31.3 Å². The highest BCUT2D eigenvalue weighted by Crippen LogP contribution is 2.37. The summed E-state index contributed by atoms with van der Waals surface area (Å²) in [7, 11) is 1.73. The first-order valence-corrected chi connectivity index (χ1v) is 10.7. The molecule has 1 N–H and O–H groups in total. The molecule has 0 saturated carbocycles. The number of hydrogen-bond donors (Lipinski definition) is 1. The van der Waals surface area contributed by atoms with Gasteiger partial charge in [0.05, 0.1) is 12.3 Å². The van der Waals surface area contributed by atoms with Crippen LogP contribution in [0.2, 0.25) is 0 Å². The van der Waals surface area contributed by atoms with Crippen LogP contribution in [0.5, 0.6) is 5.75 Å². The van der Waals surface area contributed by atoms with E-state index in [1.807, 2.05) is 12.3 Å². The summed E-state index contributed by atoms with van der Waals surface area (Å²) >= 11 is 0. The van der Waals surface area contributed by atoms with Crippen LogP contribution in [0.15, 0.2) is 30.0 Å². The summed E-state index contributed by atoms with van der Waals surface area (Å²) in [6.07, 6.45) is 8.77. The number of ether oxygens (including phenoxy) is 2. The van der Waals surface area contributed by atoms with Gasteiger partial charge in [0.2, 0.25) is 12.3 Å². The van der Waals surface area contributed by atoms with E-state index in [0.29, 0.717) is 31.1 Å². The fourth-order valence-corrected chi connectivity index (χ4v) is 3.68. The maximum absolute atomic E-state index is 12.0. The van der Waals surface area contributed by atoms with Gasteiger partial charge in [-0.15, -0.1) is 0 Å². The second kappa shape index (κ2) is 10.4. The molecule has 1 aromatic rings. The first-order valence-electron chi connectivity index (χ1n) is 10.7. The average Bonchev–Trinajstić information content (AvgIpc) is 2.77. The summed E-state index contributed by atoms with van der Waals surface area (Å²) in [5.41, 5.74) is 4.99. The summed E-state index contributed by atoms with van der Waals surface area (Å²) in [6.45, 7) is 6.34. The summed E-state index contributed by atoms with van der Waals surface area (Å²) < 4.78 is 11.7. The van der Waals surface area contributed by atoms with Gasteiger partial charge < -0.3 is 19.7 Å². The second-order valence-corrected chi connectivity index (χ2v) is 8.12. The molecule has 0 spiro atoms. The van der Waals surface area contributed by atoms with Crippen molar-refractivity contribution in [3.8, 4) is 5.75 Å². The molecule has 0 bridgehead atoms. The minimum Gasteiger partial charge on any atom is -0.491 e. The fraction of sp³-hybridized carbons (Fsp3) is 0.500. The number of allylic oxidation sites excluding steroid dienone is 3. The van der Waals surface area contributed by atoms with Gasteiger partial charge in [-0.05, 0) is 67.4 Å².